The Bertz CT molecular complexity index is 498. The number of piperidine rings is 1. The first-order valence-corrected chi connectivity index (χ1v) is 7.85. The smallest absolute Gasteiger partial charge is 0.237 e. The summed E-state index contributed by atoms with van der Waals surface area (Å²) in [4.78, 5) is 26.4. The van der Waals surface area contributed by atoms with Gasteiger partial charge in [0.2, 0.25) is 11.8 Å². The van der Waals surface area contributed by atoms with Crippen molar-refractivity contribution in [3.05, 3.63) is 24.3 Å². The zero-order valence-corrected chi connectivity index (χ0v) is 12.6. The van der Waals surface area contributed by atoms with Crippen LogP contribution in [0.5, 0.6) is 0 Å². The number of hydrogen-bond donors (Lipinski definition) is 3. The Balaban J connectivity index is 1.77. The molecule has 0 spiro atoms. The number of hydrazine groups is 1. The first-order valence-electron chi connectivity index (χ1n) is 6.86. The van der Waals surface area contributed by atoms with Crippen LogP contribution in [0.3, 0.4) is 0 Å². The molecule has 0 aliphatic carbocycles. The molecule has 7 heteroatoms. The molecule has 0 saturated carbocycles. The Morgan fingerprint density at radius 3 is 2.43 bits per heavy atom. The highest BCUT2D eigenvalue weighted by Crippen LogP contribution is 2.22. The highest BCUT2D eigenvalue weighted by molar-refractivity contribution is 8.00. The van der Waals surface area contributed by atoms with Crippen molar-refractivity contribution < 1.29 is 9.59 Å². The van der Waals surface area contributed by atoms with Crippen LogP contribution in [0.1, 0.15) is 12.8 Å². The first-order chi connectivity index (χ1) is 10.1. The van der Waals surface area contributed by atoms with Gasteiger partial charge in [-0.25, -0.2) is 5.84 Å². The summed E-state index contributed by atoms with van der Waals surface area (Å²) < 4.78 is 0. The van der Waals surface area contributed by atoms with Crippen molar-refractivity contribution in [1.82, 2.24) is 10.3 Å². The third kappa shape index (κ3) is 4.37. The SMILES string of the molecule is NNC(=O)C1CCN(C(=O)CSc2ccc(N)cc2)CC1. The van der Waals surface area contributed by atoms with E-state index in [2.05, 4.69) is 5.43 Å². The number of nitrogens with zero attached hydrogens (tertiary/aromatic N) is 1. The molecular formula is C14H20N4O2S. The van der Waals surface area contributed by atoms with Crippen LogP contribution in [-0.2, 0) is 9.59 Å². The predicted octanol–water partition coefficient (Wildman–Crippen LogP) is 0.589. The molecule has 1 aromatic carbocycles. The summed E-state index contributed by atoms with van der Waals surface area (Å²) in [6.07, 6.45) is 1.34. The van der Waals surface area contributed by atoms with Crippen molar-refractivity contribution in [3.8, 4) is 0 Å². The standard InChI is InChI=1S/C14H20N4O2S/c15-11-1-3-12(4-2-11)21-9-13(19)18-7-5-10(6-8-18)14(20)17-16/h1-4,10H,5-9,15-16H2,(H,17,20). The molecule has 2 rings (SSSR count). The number of nitrogens with one attached hydrogen (secondary N) is 1. The number of carbonyl (C=O) groups excluding carboxylic acids is 2. The van der Waals surface area contributed by atoms with Crippen LogP contribution >= 0.6 is 11.8 Å². The summed E-state index contributed by atoms with van der Waals surface area (Å²) in [7, 11) is 0. The molecule has 1 saturated heterocycles. The van der Waals surface area contributed by atoms with Gasteiger partial charge in [-0.2, -0.15) is 0 Å². The minimum absolute atomic E-state index is 0.0798. The van der Waals surface area contributed by atoms with Gasteiger partial charge in [0.15, 0.2) is 0 Å². The Hall–Kier alpha value is -1.73. The lowest BCUT2D eigenvalue weighted by molar-refractivity contribution is -0.133. The molecule has 1 heterocycles. The maximum Gasteiger partial charge on any atom is 0.237 e. The lowest BCUT2D eigenvalue weighted by atomic mass is 9.96. The van der Waals surface area contributed by atoms with Gasteiger partial charge in [0, 0.05) is 29.6 Å². The van der Waals surface area contributed by atoms with Crippen molar-refractivity contribution in [3.63, 3.8) is 0 Å². The van der Waals surface area contributed by atoms with Crippen LogP contribution in [0.25, 0.3) is 0 Å². The van der Waals surface area contributed by atoms with Crippen molar-refractivity contribution in [1.29, 1.82) is 0 Å². The fourth-order valence-electron chi connectivity index (χ4n) is 2.31. The maximum absolute atomic E-state index is 12.1. The number of amides is 2. The minimum Gasteiger partial charge on any atom is -0.399 e. The largest absolute Gasteiger partial charge is 0.399 e. The van der Waals surface area contributed by atoms with E-state index in [0.29, 0.717) is 37.4 Å². The fraction of sp³-hybridized carbons (Fsp3) is 0.429. The van der Waals surface area contributed by atoms with Crippen molar-refractivity contribution in [2.75, 3.05) is 24.6 Å². The van der Waals surface area contributed by atoms with E-state index < -0.39 is 0 Å². The molecule has 0 atom stereocenters. The maximum atomic E-state index is 12.1. The van der Waals surface area contributed by atoms with Gasteiger partial charge in [-0.3, -0.25) is 15.0 Å². The molecule has 114 valence electrons. The highest BCUT2D eigenvalue weighted by atomic mass is 32.2. The number of nitrogens with two attached hydrogens (primary N) is 2. The van der Waals surface area contributed by atoms with Crippen LogP contribution in [0.2, 0.25) is 0 Å². The van der Waals surface area contributed by atoms with E-state index in [0.717, 1.165) is 4.90 Å². The number of carbonyl (C=O) groups is 2. The van der Waals surface area contributed by atoms with Crippen LogP contribution in [0.15, 0.2) is 29.2 Å². The zero-order valence-electron chi connectivity index (χ0n) is 11.7. The minimum atomic E-state index is -0.140. The van der Waals surface area contributed by atoms with E-state index >= 15 is 0 Å². The van der Waals surface area contributed by atoms with Gasteiger partial charge in [0.1, 0.15) is 0 Å². The average molecular weight is 308 g/mol. The number of nitrogen functional groups attached to an aromatic ring is 1. The predicted molar refractivity (Wildman–Crippen MR) is 83.2 cm³/mol. The van der Waals surface area contributed by atoms with Gasteiger partial charge in [-0.1, -0.05) is 0 Å². The Labute approximate surface area is 128 Å². The summed E-state index contributed by atoms with van der Waals surface area (Å²) >= 11 is 1.50. The van der Waals surface area contributed by atoms with Gasteiger partial charge < -0.3 is 10.6 Å². The van der Waals surface area contributed by atoms with Crippen molar-refractivity contribution in [2.45, 2.75) is 17.7 Å². The Morgan fingerprint density at radius 2 is 1.86 bits per heavy atom. The number of benzene rings is 1. The molecule has 0 unspecified atom stereocenters. The van der Waals surface area contributed by atoms with Gasteiger partial charge in [-0.15, -0.1) is 11.8 Å². The van der Waals surface area contributed by atoms with Crippen LogP contribution in [-0.4, -0.2) is 35.6 Å². The number of rotatable bonds is 4. The molecule has 1 aliphatic heterocycles. The Kier molecular flexibility index (Phi) is 5.46. The third-order valence-electron chi connectivity index (χ3n) is 3.60. The molecule has 0 bridgehead atoms. The van der Waals surface area contributed by atoms with Gasteiger partial charge >= 0.3 is 0 Å². The molecular weight excluding hydrogens is 288 g/mol. The van der Waals surface area contributed by atoms with Crippen LogP contribution < -0.4 is 17.0 Å². The van der Waals surface area contributed by atoms with E-state index in [4.69, 9.17) is 11.6 Å². The third-order valence-corrected chi connectivity index (χ3v) is 4.60. The van der Waals surface area contributed by atoms with Gasteiger partial charge in [0.25, 0.3) is 0 Å². The summed E-state index contributed by atoms with van der Waals surface area (Å²) in [5.74, 6) is 5.41. The number of thioether (sulfide) groups is 1. The second-order valence-corrected chi connectivity index (χ2v) is 6.07. The van der Waals surface area contributed by atoms with E-state index in [1.165, 1.54) is 11.8 Å². The lowest BCUT2D eigenvalue weighted by Gasteiger charge is -2.31. The molecule has 1 aliphatic rings. The number of hydrogen-bond acceptors (Lipinski definition) is 5. The monoisotopic (exact) mass is 308 g/mol. The molecule has 1 fully saturated rings. The molecule has 0 radical (unpaired) electrons. The van der Waals surface area contributed by atoms with E-state index in [-0.39, 0.29) is 17.7 Å². The highest BCUT2D eigenvalue weighted by Gasteiger charge is 2.26. The van der Waals surface area contributed by atoms with Crippen LogP contribution in [0, 0.1) is 5.92 Å². The number of anilines is 1. The molecule has 5 N–H and O–H groups in total. The van der Waals surface area contributed by atoms with Crippen molar-refractivity contribution >= 4 is 29.3 Å². The van der Waals surface area contributed by atoms with E-state index in [1.807, 2.05) is 29.2 Å². The quantitative estimate of drug-likeness (QED) is 0.248. The van der Waals surface area contributed by atoms with Crippen molar-refractivity contribution in [2.24, 2.45) is 11.8 Å². The van der Waals surface area contributed by atoms with E-state index in [9.17, 15) is 9.59 Å². The second-order valence-electron chi connectivity index (χ2n) is 5.02. The summed E-state index contributed by atoms with van der Waals surface area (Å²) in [6.45, 7) is 1.22. The summed E-state index contributed by atoms with van der Waals surface area (Å²) in [5, 5.41) is 0. The summed E-state index contributed by atoms with van der Waals surface area (Å²) in [5.41, 5.74) is 8.51. The lowest BCUT2D eigenvalue weighted by Crippen LogP contribution is -2.45. The number of likely N-dealkylation sites (tertiary alicyclic amines) is 1. The molecule has 21 heavy (non-hydrogen) atoms. The van der Waals surface area contributed by atoms with Gasteiger partial charge in [0.05, 0.1) is 5.75 Å². The van der Waals surface area contributed by atoms with Gasteiger partial charge in [-0.05, 0) is 37.1 Å². The Morgan fingerprint density at radius 1 is 1.24 bits per heavy atom. The molecule has 1 aromatic rings. The zero-order chi connectivity index (χ0) is 15.2. The summed E-state index contributed by atoms with van der Waals surface area (Å²) in [6, 6.07) is 7.46. The normalized spacial score (nSPS) is 15.8. The molecule has 2 amide bonds. The molecule has 6 nitrogen and oxygen atoms in total. The van der Waals surface area contributed by atoms with Crippen LogP contribution in [0.4, 0.5) is 5.69 Å². The molecule has 0 aromatic heterocycles. The second kappa shape index (κ2) is 7.33. The van der Waals surface area contributed by atoms with E-state index in [1.54, 1.807) is 0 Å². The fourth-order valence-corrected chi connectivity index (χ4v) is 3.11. The first kappa shape index (κ1) is 15.7. The average Bonchev–Trinajstić information content (AvgIpc) is 2.53. The topological polar surface area (TPSA) is 101 Å².